The fraction of sp³-hybridized carbons (Fsp3) is 0.588. The molecule has 2 saturated heterocycles. The first-order valence-corrected chi connectivity index (χ1v) is 8.84. The second kappa shape index (κ2) is 7.84. The molecule has 23 heavy (non-hydrogen) atoms. The molecular weight excluding hydrogens is 337 g/mol. The Labute approximate surface area is 146 Å². The molecule has 2 aliphatic heterocycles. The molecule has 0 saturated carbocycles. The number of carbonyl (C=O) groups is 1. The van der Waals surface area contributed by atoms with Gasteiger partial charge >= 0.3 is 0 Å². The molecule has 0 radical (unpaired) electrons. The van der Waals surface area contributed by atoms with Gasteiger partial charge in [-0.3, -0.25) is 4.79 Å². The van der Waals surface area contributed by atoms with Gasteiger partial charge in [0.05, 0.1) is 23.3 Å². The molecule has 0 atom stereocenters. The molecule has 0 unspecified atom stereocenters. The molecule has 0 N–H and O–H groups in total. The average molecular weight is 358 g/mol. The van der Waals surface area contributed by atoms with Crippen molar-refractivity contribution in [2.75, 3.05) is 26.3 Å². The number of hydrogen-bond donors (Lipinski definition) is 0. The number of rotatable bonds is 4. The van der Waals surface area contributed by atoms with E-state index in [1.54, 1.807) is 6.07 Å². The van der Waals surface area contributed by atoms with Crippen LogP contribution in [0.3, 0.4) is 0 Å². The maximum Gasteiger partial charge on any atom is 0.222 e. The second-order valence-electron chi connectivity index (χ2n) is 6.04. The normalized spacial score (nSPS) is 20.2. The van der Waals surface area contributed by atoms with Crippen LogP contribution in [-0.2, 0) is 20.7 Å². The molecule has 0 bridgehead atoms. The maximum absolute atomic E-state index is 12.4. The minimum atomic E-state index is -0.0717. The molecule has 2 aliphatic rings. The van der Waals surface area contributed by atoms with Crippen LogP contribution in [0.4, 0.5) is 0 Å². The van der Waals surface area contributed by atoms with Crippen molar-refractivity contribution in [2.45, 2.75) is 32.0 Å². The van der Waals surface area contributed by atoms with Crippen molar-refractivity contribution in [3.8, 4) is 0 Å². The van der Waals surface area contributed by atoms with Crippen molar-refractivity contribution in [1.29, 1.82) is 0 Å². The summed E-state index contributed by atoms with van der Waals surface area (Å²) in [6, 6.07) is 5.54. The van der Waals surface area contributed by atoms with E-state index in [0.717, 1.165) is 31.5 Å². The Morgan fingerprint density at radius 1 is 1.17 bits per heavy atom. The standard InChI is InChI=1S/C17H21Cl2NO3/c18-14-3-1-2-12(16(14)19)4-5-15(21)20-8-6-13(7-9-20)17-22-10-11-23-17/h1-3,13,17H,4-11H2. The molecule has 0 aromatic heterocycles. The van der Waals surface area contributed by atoms with Crippen LogP contribution in [0.2, 0.25) is 10.0 Å². The van der Waals surface area contributed by atoms with Crippen LogP contribution in [0.5, 0.6) is 0 Å². The van der Waals surface area contributed by atoms with Crippen molar-refractivity contribution >= 4 is 29.1 Å². The second-order valence-corrected chi connectivity index (χ2v) is 6.83. The number of likely N-dealkylation sites (tertiary alicyclic amines) is 1. The number of aryl methyl sites for hydroxylation is 1. The summed E-state index contributed by atoms with van der Waals surface area (Å²) in [5.41, 5.74) is 0.926. The topological polar surface area (TPSA) is 38.8 Å². The van der Waals surface area contributed by atoms with E-state index in [1.165, 1.54) is 0 Å². The Morgan fingerprint density at radius 3 is 2.57 bits per heavy atom. The smallest absolute Gasteiger partial charge is 0.222 e. The molecule has 0 spiro atoms. The van der Waals surface area contributed by atoms with Crippen LogP contribution in [0.25, 0.3) is 0 Å². The van der Waals surface area contributed by atoms with E-state index in [1.807, 2.05) is 17.0 Å². The highest BCUT2D eigenvalue weighted by atomic mass is 35.5. The van der Waals surface area contributed by atoms with Crippen molar-refractivity contribution < 1.29 is 14.3 Å². The number of carbonyl (C=O) groups excluding carboxylic acids is 1. The van der Waals surface area contributed by atoms with Crippen LogP contribution in [0.15, 0.2) is 18.2 Å². The minimum absolute atomic E-state index is 0.0717. The predicted molar refractivity (Wildman–Crippen MR) is 89.8 cm³/mol. The zero-order valence-electron chi connectivity index (χ0n) is 13.0. The first-order chi connectivity index (χ1) is 11.1. The van der Waals surface area contributed by atoms with E-state index in [4.69, 9.17) is 32.7 Å². The molecule has 2 fully saturated rings. The minimum Gasteiger partial charge on any atom is -0.350 e. The SMILES string of the molecule is O=C(CCc1cccc(Cl)c1Cl)N1CCC(C2OCCO2)CC1. The van der Waals surface area contributed by atoms with Gasteiger partial charge in [-0.15, -0.1) is 0 Å². The number of halogens is 2. The Balaban J connectivity index is 1.47. The summed E-state index contributed by atoms with van der Waals surface area (Å²) in [7, 11) is 0. The fourth-order valence-corrected chi connectivity index (χ4v) is 3.63. The first-order valence-electron chi connectivity index (χ1n) is 8.09. The zero-order chi connectivity index (χ0) is 16.2. The van der Waals surface area contributed by atoms with Crippen molar-refractivity contribution in [3.05, 3.63) is 33.8 Å². The molecule has 0 aliphatic carbocycles. The fourth-order valence-electron chi connectivity index (χ4n) is 3.21. The highest BCUT2D eigenvalue weighted by molar-refractivity contribution is 6.42. The van der Waals surface area contributed by atoms with E-state index in [-0.39, 0.29) is 12.2 Å². The van der Waals surface area contributed by atoms with E-state index >= 15 is 0 Å². The predicted octanol–water partition coefficient (Wildman–Crippen LogP) is 3.54. The average Bonchev–Trinajstić information content (AvgIpc) is 3.10. The highest BCUT2D eigenvalue weighted by Gasteiger charge is 2.31. The van der Waals surface area contributed by atoms with Gasteiger partial charge < -0.3 is 14.4 Å². The Bertz CT molecular complexity index is 553. The van der Waals surface area contributed by atoms with Gasteiger partial charge in [0.25, 0.3) is 0 Å². The van der Waals surface area contributed by atoms with Crippen LogP contribution in [-0.4, -0.2) is 43.4 Å². The first kappa shape index (κ1) is 17.0. The van der Waals surface area contributed by atoms with E-state index in [2.05, 4.69) is 0 Å². The summed E-state index contributed by atoms with van der Waals surface area (Å²) in [6.07, 6.45) is 2.88. The van der Waals surface area contributed by atoms with Gasteiger partial charge in [0.15, 0.2) is 6.29 Å². The van der Waals surface area contributed by atoms with Crippen LogP contribution < -0.4 is 0 Å². The number of piperidine rings is 1. The van der Waals surface area contributed by atoms with Crippen molar-refractivity contribution in [1.82, 2.24) is 4.90 Å². The third-order valence-corrected chi connectivity index (χ3v) is 5.42. The van der Waals surface area contributed by atoms with Crippen molar-refractivity contribution in [2.24, 2.45) is 5.92 Å². The van der Waals surface area contributed by atoms with Gasteiger partial charge in [0.1, 0.15) is 0 Å². The lowest BCUT2D eigenvalue weighted by atomic mass is 9.95. The lowest BCUT2D eigenvalue weighted by Gasteiger charge is -2.34. The summed E-state index contributed by atoms with van der Waals surface area (Å²) in [5, 5.41) is 1.09. The maximum atomic E-state index is 12.4. The molecule has 6 heteroatoms. The Morgan fingerprint density at radius 2 is 1.87 bits per heavy atom. The third-order valence-electron chi connectivity index (χ3n) is 4.56. The molecule has 2 heterocycles. The van der Waals surface area contributed by atoms with Gasteiger partial charge in [0.2, 0.25) is 5.91 Å². The molecule has 1 amide bonds. The lowest BCUT2D eigenvalue weighted by molar-refractivity contribution is -0.136. The van der Waals surface area contributed by atoms with E-state index < -0.39 is 0 Å². The molecular formula is C17H21Cl2NO3. The van der Waals surface area contributed by atoms with E-state index in [9.17, 15) is 4.79 Å². The number of hydrogen-bond acceptors (Lipinski definition) is 3. The Kier molecular flexibility index (Phi) is 5.81. The summed E-state index contributed by atoms with van der Waals surface area (Å²) in [5.74, 6) is 0.580. The quantitative estimate of drug-likeness (QED) is 0.827. The molecule has 126 valence electrons. The molecule has 3 rings (SSSR count). The monoisotopic (exact) mass is 357 g/mol. The van der Waals surface area contributed by atoms with Crippen LogP contribution >= 0.6 is 23.2 Å². The third kappa shape index (κ3) is 4.18. The van der Waals surface area contributed by atoms with Gasteiger partial charge in [-0.2, -0.15) is 0 Å². The van der Waals surface area contributed by atoms with Gasteiger partial charge in [0, 0.05) is 25.4 Å². The van der Waals surface area contributed by atoms with Gasteiger partial charge in [-0.05, 0) is 30.9 Å². The molecule has 1 aromatic carbocycles. The lowest BCUT2D eigenvalue weighted by Crippen LogP contribution is -2.41. The van der Waals surface area contributed by atoms with E-state index in [0.29, 0.717) is 42.0 Å². The highest BCUT2D eigenvalue weighted by Crippen LogP contribution is 2.28. The van der Waals surface area contributed by atoms with Crippen LogP contribution in [0, 0.1) is 5.92 Å². The Hall–Kier alpha value is -0.810. The number of nitrogens with zero attached hydrogens (tertiary/aromatic N) is 1. The molecule has 1 aromatic rings. The van der Waals surface area contributed by atoms with Crippen molar-refractivity contribution in [3.63, 3.8) is 0 Å². The van der Waals surface area contributed by atoms with Crippen LogP contribution in [0.1, 0.15) is 24.8 Å². The summed E-state index contributed by atoms with van der Waals surface area (Å²) in [6.45, 7) is 2.92. The zero-order valence-corrected chi connectivity index (χ0v) is 14.5. The van der Waals surface area contributed by atoms with Gasteiger partial charge in [-0.25, -0.2) is 0 Å². The summed E-state index contributed by atoms with van der Waals surface area (Å²) >= 11 is 12.2. The molecule has 4 nitrogen and oxygen atoms in total. The number of benzene rings is 1. The van der Waals surface area contributed by atoms with Gasteiger partial charge in [-0.1, -0.05) is 35.3 Å². The summed E-state index contributed by atoms with van der Waals surface area (Å²) in [4.78, 5) is 14.3. The summed E-state index contributed by atoms with van der Waals surface area (Å²) < 4.78 is 11.1. The largest absolute Gasteiger partial charge is 0.350 e. The number of ether oxygens (including phenoxy) is 2. The number of amides is 1.